The van der Waals surface area contributed by atoms with E-state index in [2.05, 4.69) is 0 Å². The van der Waals surface area contributed by atoms with Crippen LogP contribution >= 0.6 is 0 Å². The number of hydrogen-bond donors (Lipinski definition) is 1. The number of rotatable bonds is 3. The van der Waals surface area contributed by atoms with Gasteiger partial charge in [0.05, 0.1) is 6.54 Å². The zero-order valence-electron chi connectivity index (χ0n) is 10.6. The van der Waals surface area contributed by atoms with Gasteiger partial charge in [-0.1, -0.05) is 0 Å². The Balaban J connectivity index is 2.21. The summed E-state index contributed by atoms with van der Waals surface area (Å²) in [6.45, 7) is 0.893. The lowest BCUT2D eigenvalue weighted by molar-refractivity contribution is -0.145. The molecule has 0 aliphatic carbocycles. The van der Waals surface area contributed by atoms with Gasteiger partial charge in [0, 0.05) is 31.4 Å². The van der Waals surface area contributed by atoms with Crippen molar-refractivity contribution in [1.29, 1.82) is 0 Å². The molecule has 0 radical (unpaired) electrons. The smallest absolute Gasteiger partial charge is 0.316 e. The molecule has 6 nitrogen and oxygen atoms in total. The first-order valence-corrected chi connectivity index (χ1v) is 5.95. The summed E-state index contributed by atoms with van der Waals surface area (Å²) in [6.07, 6.45) is 0. The van der Waals surface area contributed by atoms with Crippen LogP contribution in [0.4, 0.5) is 5.69 Å². The largest absolute Gasteiger partial charge is 0.336 e. The molecule has 0 spiro atoms. The summed E-state index contributed by atoms with van der Waals surface area (Å²) in [4.78, 5) is 37.7. The van der Waals surface area contributed by atoms with Crippen molar-refractivity contribution in [2.45, 2.75) is 0 Å². The van der Waals surface area contributed by atoms with E-state index in [1.54, 1.807) is 31.3 Å². The Morgan fingerprint density at radius 1 is 1.16 bits per heavy atom. The Hall–Kier alpha value is -2.21. The lowest BCUT2D eigenvalue weighted by Crippen LogP contribution is -2.53. The number of ketones is 1. The molecule has 100 valence electrons. The minimum absolute atomic E-state index is 0.0503. The minimum atomic E-state index is -0.549. The van der Waals surface area contributed by atoms with Crippen molar-refractivity contribution >= 4 is 23.3 Å². The Labute approximate surface area is 110 Å². The van der Waals surface area contributed by atoms with Crippen LogP contribution in [-0.2, 0) is 9.59 Å². The van der Waals surface area contributed by atoms with Crippen LogP contribution in [0.5, 0.6) is 0 Å². The third-order valence-corrected chi connectivity index (χ3v) is 3.12. The number of Topliss-reactive ketones (excluding diaryl/α,β-unsaturated/α-hetero) is 1. The van der Waals surface area contributed by atoms with Gasteiger partial charge < -0.3 is 15.5 Å². The van der Waals surface area contributed by atoms with Gasteiger partial charge in [0.15, 0.2) is 5.78 Å². The summed E-state index contributed by atoms with van der Waals surface area (Å²) >= 11 is 0. The third kappa shape index (κ3) is 2.48. The maximum absolute atomic E-state index is 11.9. The van der Waals surface area contributed by atoms with Crippen LogP contribution in [0.2, 0.25) is 0 Å². The fraction of sp³-hybridized carbons (Fsp3) is 0.308. The number of hydrogen-bond acceptors (Lipinski definition) is 4. The number of carbonyl (C=O) groups excluding carboxylic acids is 3. The first kappa shape index (κ1) is 13.2. The molecule has 2 amide bonds. The molecule has 6 heteroatoms. The van der Waals surface area contributed by atoms with Crippen LogP contribution in [0.1, 0.15) is 10.4 Å². The highest BCUT2D eigenvalue weighted by molar-refractivity contribution is 6.40. The van der Waals surface area contributed by atoms with E-state index in [4.69, 9.17) is 5.73 Å². The van der Waals surface area contributed by atoms with Gasteiger partial charge >= 0.3 is 11.8 Å². The topological polar surface area (TPSA) is 83.7 Å². The van der Waals surface area contributed by atoms with E-state index in [0.717, 1.165) is 0 Å². The number of carbonyl (C=O) groups is 3. The molecule has 1 aliphatic rings. The van der Waals surface area contributed by atoms with Crippen molar-refractivity contribution in [3.05, 3.63) is 29.8 Å². The average molecular weight is 261 g/mol. The lowest BCUT2D eigenvalue weighted by atomic mass is 10.1. The highest BCUT2D eigenvalue weighted by atomic mass is 16.2. The average Bonchev–Trinajstić information content (AvgIpc) is 2.44. The number of nitrogens with two attached hydrogens (primary N) is 1. The Morgan fingerprint density at radius 3 is 2.37 bits per heavy atom. The van der Waals surface area contributed by atoms with E-state index in [1.807, 2.05) is 0 Å². The fourth-order valence-electron chi connectivity index (χ4n) is 1.92. The van der Waals surface area contributed by atoms with Crippen molar-refractivity contribution < 1.29 is 14.4 Å². The van der Waals surface area contributed by atoms with Crippen LogP contribution in [0.15, 0.2) is 24.3 Å². The summed E-state index contributed by atoms with van der Waals surface area (Å²) in [6, 6.07) is 6.53. The van der Waals surface area contributed by atoms with Crippen molar-refractivity contribution in [3.8, 4) is 0 Å². The van der Waals surface area contributed by atoms with Crippen LogP contribution in [-0.4, -0.2) is 49.2 Å². The van der Waals surface area contributed by atoms with Gasteiger partial charge in [-0.2, -0.15) is 0 Å². The Kier molecular flexibility index (Phi) is 3.62. The van der Waals surface area contributed by atoms with Crippen molar-refractivity contribution in [2.24, 2.45) is 5.73 Å². The Bertz CT molecular complexity index is 524. The van der Waals surface area contributed by atoms with Gasteiger partial charge in [-0.25, -0.2) is 0 Å². The second-order valence-corrected chi connectivity index (χ2v) is 4.36. The molecule has 2 rings (SSSR count). The van der Waals surface area contributed by atoms with E-state index >= 15 is 0 Å². The number of likely N-dealkylation sites (N-methyl/N-ethyl adjacent to an activating group) is 1. The van der Waals surface area contributed by atoms with Crippen molar-refractivity contribution in [1.82, 2.24) is 4.90 Å². The molecule has 1 fully saturated rings. The quantitative estimate of drug-likeness (QED) is 0.594. The van der Waals surface area contributed by atoms with Gasteiger partial charge in [-0.05, 0) is 24.3 Å². The van der Waals surface area contributed by atoms with E-state index in [1.165, 1.54) is 9.80 Å². The third-order valence-electron chi connectivity index (χ3n) is 3.12. The van der Waals surface area contributed by atoms with E-state index < -0.39 is 11.8 Å². The van der Waals surface area contributed by atoms with E-state index in [-0.39, 0.29) is 12.3 Å². The summed E-state index contributed by atoms with van der Waals surface area (Å²) < 4.78 is 0. The standard InChI is InChI=1S/C13H15N3O3/c1-15-6-7-16(13(19)12(15)18)10-4-2-9(3-5-10)11(17)8-14/h2-5H,6-8,14H2,1H3. The van der Waals surface area contributed by atoms with Crippen LogP contribution in [0, 0.1) is 0 Å². The predicted octanol–water partition coefficient (Wildman–Crippen LogP) is -0.367. The first-order chi connectivity index (χ1) is 9.04. The first-order valence-electron chi connectivity index (χ1n) is 5.95. The second kappa shape index (κ2) is 5.19. The SMILES string of the molecule is CN1CCN(c2ccc(C(=O)CN)cc2)C(=O)C1=O. The van der Waals surface area contributed by atoms with Gasteiger partial charge in [-0.3, -0.25) is 14.4 Å². The van der Waals surface area contributed by atoms with Crippen LogP contribution in [0.25, 0.3) is 0 Å². The molecule has 1 saturated heterocycles. The van der Waals surface area contributed by atoms with Crippen molar-refractivity contribution in [2.75, 3.05) is 31.6 Å². The molecule has 0 bridgehead atoms. The van der Waals surface area contributed by atoms with Crippen molar-refractivity contribution in [3.63, 3.8) is 0 Å². The molecule has 1 aromatic rings. The summed E-state index contributed by atoms with van der Waals surface area (Å²) in [7, 11) is 1.60. The van der Waals surface area contributed by atoms with Gasteiger partial charge in [0.2, 0.25) is 0 Å². The fourth-order valence-corrected chi connectivity index (χ4v) is 1.92. The summed E-state index contributed by atoms with van der Waals surface area (Å²) in [5.41, 5.74) is 6.39. The minimum Gasteiger partial charge on any atom is -0.336 e. The Morgan fingerprint density at radius 2 is 1.79 bits per heavy atom. The van der Waals surface area contributed by atoms with E-state index in [0.29, 0.717) is 24.3 Å². The zero-order valence-corrected chi connectivity index (χ0v) is 10.6. The molecule has 1 aromatic carbocycles. The molecule has 0 unspecified atom stereocenters. The number of amides is 2. The summed E-state index contributed by atoms with van der Waals surface area (Å²) in [5.74, 6) is -1.23. The molecule has 0 saturated carbocycles. The highest BCUT2D eigenvalue weighted by Crippen LogP contribution is 2.18. The number of anilines is 1. The maximum atomic E-state index is 11.9. The molecule has 1 aliphatic heterocycles. The van der Waals surface area contributed by atoms with Gasteiger partial charge in [0.1, 0.15) is 0 Å². The van der Waals surface area contributed by atoms with Gasteiger partial charge in [0.25, 0.3) is 0 Å². The maximum Gasteiger partial charge on any atom is 0.316 e. The predicted molar refractivity (Wildman–Crippen MR) is 69.8 cm³/mol. The highest BCUT2D eigenvalue weighted by Gasteiger charge is 2.31. The second-order valence-electron chi connectivity index (χ2n) is 4.36. The lowest BCUT2D eigenvalue weighted by Gasteiger charge is -2.31. The normalized spacial score (nSPS) is 15.9. The molecule has 19 heavy (non-hydrogen) atoms. The monoisotopic (exact) mass is 261 g/mol. The number of nitrogens with zero attached hydrogens (tertiary/aromatic N) is 2. The van der Waals surface area contributed by atoms with Gasteiger partial charge in [-0.15, -0.1) is 0 Å². The van der Waals surface area contributed by atoms with Crippen LogP contribution < -0.4 is 10.6 Å². The molecule has 0 atom stereocenters. The molecular formula is C13H15N3O3. The van der Waals surface area contributed by atoms with Crippen LogP contribution in [0.3, 0.4) is 0 Å². The molecular weight excluding hydrogens is 246 g/mol. The number of benzene rings is 1. The molecule has 1 heterocycles. The molecule has 2 N–H and O–H groups in total. The van der Waals surface area contributed by atoms with E-state index in [9.17, 15) is 14.4 Å². The zero-order chi connectivity index (χ0) is 14.0. The molecule has 0 aromatic heterocycles. The summed E-state index contributed by atoms with van der Waals surface area (Å²) in [5, 5.41) is 0. The number of piperazine rings is 1.